The zero-order valence-corrected chi connectivity index (χ0v) is 17.4. The lowest BCUT2D eigenvalue weighted by Crippen LogP contribution is -2.48. The average molecular weight is 415 g/mol. The van der Waals surface area contributed by atoms with E-state index in [1.165, 1.54) is 37.3 Å². The molecule has 2 rings (SSSR count). The first-order valence-electron chi connectivity index (χ1n) is 9.29. The number of hydrogen-bond donors (Lipinski definition) is 1. The van der Waals surface area contributed by atoms with Crippen molar-refractivity contribution >= 4 is 17.5 Å². The van der Waals surface area contributed by atoms with Crippen molar-refractivity contribution in [3.05, 3.63) is 63.7 Å². The monoisotopic (exact) mass is 415 g/mol. The van der Waals surface area contributed by atoms with Gasteiger partial charge in [0.1, 0.15) is 11.8 Å². The lowest BCUT2D eigenvalue weighted by atomic mass is 10.1. The summed E-state index contributed by atoms with van der Waals surface area (Å²) >= 11 is 0. The Bertz CT molecular complexity index is 931. The molecule has 0 aliphatic heterocycles. The van der Waals surface area contributed by atoms with Crippen LogP contribution in [0.5, 0.6) is 11.5 Å². The van der Waals surface area contributed by atoms with Gasteiger partial charge >= 0.3 is 5.69 Å². The fourth-order valence-electron chi connectivity index (χ4n) is 2.89. The van der Waals surface area contributed by atoms with Crippen LogP contribution in [0.4, 0.5) is 5.69 Å². The summed E-state index contributed by atoms with van der Waals surface area (Å²) in [6.45, 7) is 3.48. The van der Waals surface area contributed by atoms with Crippen molar-refractivity contribution in [2.24, 2.45) is 0 Å². The van der Waals surface area contributed by atoms with E-state index in [0.29, 0.717) is 0 Å². The van der Waals surface area contributed by atoms with Crippen LogP contribution in [-0.4, -0.2) is 48.4 Å². The Balaban J connectivity index is 2.19. The van der Waals surface area contributed by atoms with Crippen LogP contribution in [0.25, 0.3) is 0 Å². The second-order valence-electron chi connectivity index (χ2n) is 6.62. The zero-order chi connectivity index (χ0) is 22.3. The van der Waals surface area contributed by atoms with Crippen molar-refractivity contribution in [1.29, 1.82) is 0 Å². The number of nitro groups is 1. The Morgan fingerprint density at radius 2 is 1.93 bits per heavy atom. The van der Waals surface area contributed by atoms with Crippen molar-refractivity contribution in [2.45, 2.75) is 26.4 Å². The van der Waals surface area contributed by atoms with Gasteiger partial charge in [-0.15, -0.1) is 0 Å². The molecular weight excluding hydrogens is 390 g/mol. The molecule has 0 aliphatic carbocycles. The molecule has 0 bridgehead atoms. The minimum Gasteiger partial charge on any atom is -0.490 e. The summed E-state index contributed by atoms with van der Waals surface area (Å²) in [5.41, 5.74) is 1.71. The van der Waals surface area contributed by atoms with Gasteiger partial charge in [0.15, 0.2) is 6.61 Å². The quantitative estimate of drug-likeness (QED) is 0.497. The highest BCUT2D eigenvalue weighted by molar-refractivity contribution is 5.87. The molecule has 1 atom stereocenters. The topological polar surface area (TPSA) is 111 Å². The highest BCUT2D eigenvalue weighted by atomic mass is 16.6. The Labute approximate surface area is 174 Å². The van der Waals surface area contributed by atoms with E-state index in [4.69, 9.17) is 9.47 Å². The number of nitro benzene ring substituents is 1. The predicted molar refractivity (Wildman–Crippen MR) is 110 cm³/mol. The third kappa shape index (κ3) is 5.47. The number of carbonyl (C=O) groups is 2. The fraction of sp³-hybridized carbons (Fsp3) is 0.333. The number of nitrogens with one attached hydrogen (secondary N) is 1. The number of ether oxygens (including phenoxy) is 2. The Morgan fingerprint density at radius 3 is 2.53 bits per heavy atom. The van der Waals surface area contributed by atoms with E-state index in [9.17, 15) is 19.7 Å². The number of rotatable bonds is 9. The van der Waals surface area contributed by atoms with Crippen LogP contribution >= 0.6 is 0 Å². The van der Waals surface area contributed by atoms with Gasteiger partial charge in [-0.2, -0.15) is 0 Å². The molecule has 2 amide bonds. The zero-order valence-electron chi connectivity index (χ0n) is 17.4. The van der Waals surface area contributed by atoms with Crippen LogP contribution < -0.4 is 14.8 Å². The van der Waals surface area contributed by atoms with Gasteiger partial charge in [-0.1, -0.05) is 24.3 Å². The van der Waals surface area contributed by atoms with Gasteiger partial charge in [0, 0.05) is 25.7 Å². The van der Waals surface area contributed by atoms with Crippen LogP contribution in [0.15, 0.2) is 42.5 Å². The minimum absolute atomic E-state index is 0.0282. The number of hydrogen-bond acceptors (Lipinski definition) is 6. The number of amides is 2. The molecule has 0 saturated carbocycles. The minimum atomic E-state index is -0.711. The highest BCUT2D eigenvalue weighted by Gasteiger charge is 2.26. The summed E-state index contributed by atoms with van der Waals surface area (Å²) in [4.78, 5) is 36.9. The third-order valence-corrected chi connectivity index (χ3v) is 4.73. The lowest BCUT2D eigenvalue weighted by molar-refractivity contribution is -0.385. The van der Waals surface area contributed by atoms with Crippen molar-refractivity contribution in [3.8, 4) is 11.5 Å². The predicted octanol–water partition coefficient (Wildman–Crippen LogP) is 2.45. The first-order chi connectivity index (χ1) is 14.3. The standard InChI is InChI=1S/C21H25N3O6/c1-14-7-5-6-8-16(14)12-23(15(2)21(26)22-3)20(25)13-30-17-9-10-18(24(27)28)19(11-17)29-4/h5-11,15H,12-13H2,1-4H3,(H,22,26). The molecule has 2 aromatic carbocycles. The van der Waals surface area contributed by atoms with E-state index in [1.54, 1.807) is 6.92 Å². The number of methoxy groups -OCH3 is 1. The van der Waals surface area contributed by atoms with Gasteiger partial charge in [0.25, 0.3) is 5.91 Å². The van der Waals surface area contributed by atoms with E-state index < -0.39 is 16.9 Å². The molecule has 0 aromatic heterocycles. The largest absolute Gasteiger partial charge is 0.490 e. The molecule has 0 fully saturated rings. The number of carbonyl (C=O) groups excluding carboxylic acids is 2. The molecule has 2 aromatic rings. The number of likely N-dealkylation sites (N-methyl/N-ethyl adjacent to an activating group) is 1. The van der Waals surface area contributed by atoms with Crippen molar-refractivity contribution in [2.75, 3.05) is 20.8 Å². The smallest absolute Gasteiger partial charge is 0.311 e. The maximum Gasteiger partial charge on any atom is 0.311 e. The number of aryl methyl sites for hydroxylation is 1. The molecule has 1 unspecified atom stereocenters. The van der Waals surface area contributed by atoms with E-state index in [-0.39, 0.29) is 36.2 Å². The summed E-state index contributed by atoms with van der Waals surface area (Å²) in [6, 6.07) is 10.9. The van der Waals surface area contributed by atoms with Gasteiger partial charge in [-0.3, -0.25) is 19.7 Å². The van der Waals surface area contributed by atoms with Gasteiger partial charge in [0.2, 0.25) is 11.7 Å². The van der Waals surface area contributed by atoms with Crippen LogP contribution in [0.1, 0.15) is 18.1 Å². The third-order valence-electron chi connectivity index (χ3n) is 4.73. The summed E-state index contributed by atoms with van der Waals surface area (Å²) in [5, 5.41) is 13.6. The van der Waals surface area contributed by atoms with Crippen molar-refractivity contribution in [1.82, 2.24) is 10.2 Å². The fourth-order valence-corrected chi connectivity index (χ4v) is 2.89. The molecule has 1 N–H and O–H groups in total. The van der Waals surface area contributed by atoms with Gasteiger partial charge in [0.05, 0.1) is 12.0 Å². The molecule has 9 heteroatoms. The van der Waals surface area contributed by atoms with E-state index in [2.05, 4.69) is 5.32 Å². The maximum atomic E-state index is 12.9. The summed E-state index contributed by atoms with van der Waals surface area (Å²) in [7, 11) is 2.82. The summed E-state index contributed by atoms with van der Waals surface area (Å²) in [5.74, 6) is -0.421. The van der Waals surface area contributed by atoms with Gasteiger partial charge < -0.3 is 19.7 Å². The highest BCUT2D eigenvalue weighted by Crippen LogP contribution is 2.30. The molecule has 0 spiro atoms. The molecule has 0 heterocycles. The molecular formula is C21H25N3O6. The summed E-state index contributed by atoms with van der Waals surface area (Å²) in [6.07, 6.45) is 0. The van der Waals surface area contributed by atoms with Crippen molar-refractivity contribution in [3.63, 3.8) is 0 Å². The van der Waals surface area contributed by atoms with Crippen LogP contribution in [-0.2, 0) is 16.1 Å². The molecule has 0 radical (unpaired) electrons. The first kappa shape index (κ1) is 22.7. The Hall–Kier alpha value is -3.62. The van der Waals surface area contributed by atoms with E-state index in [1.807, 2.05) is 31.2 Å². The lowest BCUT2D eigenvalue weighted by Gasteiger charge is -2.28. The second-order valence-corrected chi connectivity index (χ2v) is 6.62. The molecule has 9 nitrogen and oxygen atoms in total. The normalized spacial score (nSPS) is 11.3. The van der Waals surface area contributed by atoms with Crippen LogP contribution in [0.3, 0.4) is 0 Å². The van der Waals surface area contributed by atoms with E-state index in [0.717, 1.165) is 11.1 Å². The van der Waals surface area contributed by atoms with E-state index >= 15 is 0 Å². The molecule has 0 saturated heterocycles. The number of benzene rings is 2. The van der Waals surface area contributed by atoms with Crippen LogP contribution in [0.2, 0.25) is 0 Å². The molecule has 30 heavy (non-hydrogen) atoms. The second kappa shape index (κ2) is 10.2. The van der Waals surface area contributed by atoms with Crippen molar-refractivity contribution < 1.29 is 24.0 Å². The summed E-state index contributed by atoms with van der Waals surface area (Å²) < 4.78 is 10.5. The van der Waals surface area contributed by atoms with Gasteiger partial charge in [-0.25, -0.2) is 0 Å². The first-order valence-corrected chi connectivity index (χ1v) is 9.29. The molecule has 160 valence electrons. The molecule has 0 aliphatic rings. The SMILES string of the molecule is CNC(=O)C(C)N(Cc1ccccc1C)C(=O)COc1ccc([N+](=O)[O-])c(OC)c1. The Morgan fingerprint density at radius 1 is 1.23 bits per heavy atom. The average Bonchev–Trinajstić information content (AvgIpc) is 2.75. The van der Waals surface area contributed by atoms with Gasteiger partial charge in [-0.05, 0) is 31.0 Å². The maximum absolute atomic E-state index is 12.9. The Kier molecular flexibility index (Phi) is 7.74. The van der Waals surface area contributed by atoms with Crippen LogP contribution in [0, 0.1) is 17.0 Å². The number of nitrogens with zero attached hydrogens (tertiary/aromatic N) is 2.